The third-order valence-corrected chi connectivity index (χ3v) is 5.38. The lowest BCUT2D eigenvalue weighted by molar-refractivity contribution is -0.126. The molecule has 0 bridgehead atoms. The Morgan fingerprint density at radius 1 is 1.00 bits per heavy atom. The molecule has 25 heavy (non-hydrogen) atoms. The van der Waals surface area contributed by atoms with Crippen LogP contribution in [0.3, 0.4) is 0 Å². The molecule has 2 aliphatic heterocycles. The summed E-state index contributed by atoms with van der Waals surface area (Å²) in [7, 11) is 2.04. The molecule has 1 atom stereocenters. The Morgan fingerprint density at radius 2 is 1.68 bits per heavy atom. The smallest absolute Gasteiger partial charge is 0.253 e. The molecule has 0 saturated carbocycles. The Morgan fingerprint density at radius 3 is 2.40 bits per heavy atom. The molecule has 2 saturated heterocycles. The first-order chi connectivity index (χ1) is 12.1. The van der Waals surface area contributed by atoms with Gasteiger partial charge in [0.15, 0.2) is 0 Å². The van der Waals surface area contributed by atoms with Crippen LogP contribution in [0.4, 0.5) is 0 Å². The van der Waals surface area contributed by atoms with E-state index in [9.17, 15) is 9.59 Å². The predicted molar refractivity (Wildman–Crippen MR) is 98.3 cm³/mol. The summed E-state index contributed by atoms with van der Waals surface area (Å²) in [5, 5.41) is 3.05. The predicted octanol–water partition coefficient (Wildman–Crippen LogP) is 2.41. The Kier molecular flexibility index (Phi) is 6.08. The Hall–Kier alpha value is -1.88. The lowest BCUT2D eigenvalue weighted by Gasteiger charge is -2.24. The third-order valence-electron chi connectivity index (χ3n) is 5.38. The van der Waals surface area contributed by atoms with Crippen LogP contribution in [-0.4, -0.2) is 54.3 Å². The van der Waals surface area contributed by atoms with Crippen LogP contribution in [0.2, 0.25) is 0 Å². The molecule has 3 rings (SSSR count). The molecule has 2 aliphatic rings. The van der Waals surface area contributed by atoms with Crippen LogP contribution in [0.15, 0.2) is 24.3 Å². The highest BCUT2D eigenvalue weighted by atomic mass is 16.2. The number of carbonyl (C=O) groups is 2. The van der Waals surface area contributed by atoms with Crippen LogP contribution >= 0.6 is 0 Å². The quantitative estimate of drug-likeness (QED) is 0.913. The number of hydrogen-bond donors (Lipinski definition) is 1. The van der Waals surface area contributed by atoms with Crippen molar-refractivity contribution < 1.29 is 9.59 Å². The first kappa shape index (κ1) is 17.9. The molecule has 2 fully saturated rings. The van der Waals surface area contributed by atoms with Crippen molar-refractivity contribution in [1.82, 2.24) is 15.1 Å². The second kappa shape index (κ2) is 8.48. The number of hydrogen-bond acceptors (Lipinski definition) is 3. The summed E-state index contributed by atoms with van der Waals surface area (Å²) in [6.45, 7) is 3.24. The van der Waals surface area contributed by atoms with Gasteiger partial charge in [-0.15, -0.1) is 0 Å². The van der Waals surface area contributed by atoms with E-state index in [4.69, 9.17) is 0 Å². The lowest BCUT2D eigenvalue weighted by atomic mass is 10.1. The number of nitrogens with zero attached hydrogens (tertiary/aromatic N) is 2. The topological polar surface area (TPSA) is 52.7 Å². The van der Waals surface area contributed by atoms with Crippen molar-refractivity contribution in [3.63, 3.8) is 0 Å². The van der Waals surface area contributed by atoms with Gasteiger partial charge in [-0.05, 0) is 57.0 Å². The van der Waals surface area contributed by atoms with E-state index in [2.05, 4.69) is 10.2 Å². The number of nitrogens with one attached hydrogen (secondary N) is 1. The first-order valence-corrected chi connectivity index (χ1v) is 9.51. The number of likely N-dealkylation sites (tertiary alicyclic amines) is 2. The fraction of sp³-hybridized carbons (Fsp3) is 0.600. The van der Waals surface area contributed by atoms with Crippen molar-refractivity contribution in [3.8, 4) is 0 Å². The molecule has 0 spiro atoms. The zero-order valence-electron chi connectivity index (χ0n) is 15.2. The van der Waals surface area contributed by atoms with Crippen LogP contribution in [0.25, 0.3) is 0 Å². The Labute approximate surface area is 150 Å². The third kappa shape index (κ3) is 4.60. The molecule has 0 aliphatic carbocycles. The molecule has 2 heterocycles. The van der Waals surface area contributed by atoms with E-state index in [0.29, 0.717) is 6.54 Å². The maximum Gasteiger partial charge on any atom is 0.253 e. The van der Waals surface area contributed by atoms with Crippen molar-refractivity contribution in [2.75, 3.05) is 26.7 Å². The fourth-order valence-electron chi connectivity index (χ4n) is 3.76. The molecule has 0 aromatic heterocycles. The normalized spacial score (nSPS) is 21.8. The van der Waals surface area contributed by atoms with Crippen molar-refractivity contribution >= 4 is 11.8 Å². The molecule has 0 radical (unpaired) electrons. The minimum absolute atomic E-state index is 0.0153. The van der Waals surface area contributed by atoms with Gasteiger partial charge >= 0.3 is 0 Å². The van der Waals surface area contributed by atoms with E-state index in [1.165, 1.54) is 12.8 Å². The van der Waals surface area contributed by atoms with Crippen LogP contribution in [0.1, 0.15) is 54.4 Å². The van der Waals surface area contributed by atoms with Crippen LogP contribution in [-0.2, 0) is 11.3 Å². The summed E-state index contributed by atoms with van der Waals surface area (Å²) in [4.78, 5) is 28.9. The van der Waals surface area contributed by atoms with E-state index < -0.39 is 0 Å². The molecule has 2 amide bonds. The van der Waals surface area contributed by atoms with Crippen LogP contribution in [0, 0.1) is 0 Å². The number of rotatable bonds is 4. The fourth-order valence-corrected chi connectivity index (χ4v) is 3.76. The van der Waals surface area contributed by atoms with Gasteiger partial charge in [-0.3, -0.25) is 14.5 Å². The minimum atomic E-state index is -0.0153. The van der Waals surface area contributed by atoms with Crippen LogP contribution < -0.4 is 5.32 Å². The van der Waals surface area contributed by atoms with Crippen molar-refractivity contribution in [2.45, 2.75) is 51.1 Å². The number of carbonyl (C=O) groups excluding carboxylic acids is 2. The molecule has 5 nitrogen and oxygen atoms in total. The molecular weight excluding hydrogens is 314 g/mol. The summed E-state index contributed by atoms with van der Waals surface area (Å²) in [6.07, 6.45) is 6.64. The number of likely N-dealkylation sites (N-methyl/N-ethyl adjacent to an activating group) is 1. The summed E-state index contributed by atoms with van der Waals surface area (Å²) < 4.78 is 0. The second-order valence-electron chi connectivity index (χ2n) is 7.26. The average Bonchev–Trinajstić information content (AvgIpc) is 3.08. The van der Waals surface area contributed by atoms with Crippen molar-refractivity contribution in [2.24, 2.45) is 0 Å². The molecular formula is C20H29N3O2. The van der Waals surface area contributed by atoms with E-state index in [-0.39, 0.29) is 17.9 Å². The molecule has 1 unspecified atom stereocenters. The Bertz CT molecular complexity index is 593. The summed E-state index contributed by atoms with van der Waals surface area (Å²) in [5.41, 5.74) is 1.77. The van der Waals surface area contributed by atoms with Crippen molar-refractivity contribution in [3.05, 3.63) is 35.4 Å². The standard InChI is InChI=1S/C20H29N3O2/c1-22-12-4-2-3-7-18(22)19(24)21-15-16-8-10-17(11-9-16)20(25)23-13-5-6-14-23/h8-11,18H,2-7,12-15H2,1H3,(H,21,24). The summed E-state index contributed by atoms with van der Waals surface area (Å²) in [5.74, 6) is 0.231. The number of benzene rings is 1. The van der Waals surface area contributed by atoms with Crippen molar-refractivity contribution in [1.29, 1.82) is 0 Å². The van der Waals surface area contributed by atoms with Gasteiger partial charge in [0.2, 0.25) is 5.91 Å². The van der Waals surface area contributed by atoms with E-state index in [1.807, 2.05) is 36.2 Å². The van der Waals surface area contributed by atoms with Gasteiger partial charge in [0.25, 0.3) is 5.91 Å². The molecule has 136 valence electrons. The summed E-state index contributed by atoms with van der Waals surface area (Å²) >= 11 is 0. The van der Waals surface area contributed by atoms with E-state index in [1.54, 1.807) is 0 Å². The molecule has 1 aromatic carbocycles. The van der Waals surface area contributed by atoms with Gasteiger partial charge in [0, 0.05) is 25.2 Å². The van der Waals surface area contributed by atoms with E-state index in [0.717, 1.165) is 56.4 Å². The van der Waals surface area contributed by atoms with Gasteiger partial charge in [0.05, 0.1) is 6.04 Å². The Balaban J connectivity index is 1.52. The SMILES string of the molecule is CN1CCCCCC1C(=O)NCc1ccc(C(=O)N2CCCC2)cc1. The first-order valence-electron chi connectivity index (χ1n) is 9.51. The maximum atomic E-state index is 12.5. The van der Waals surface area contributed by atoms with Gasteiger partial charge in [-0.2, -0.15) is 0 Å². The second-order valence-corrected chi connectivity index (χ2v) is 7.26. The minimum Gasteiger partial charge on any atom is -0.351 e. The maximum absolute atomic E-state index is 12.5. The highest BCUT2D eigenvalue weighted by Crippen LogP contribution is 2.16. The zero-order chi connectivity index (χ0) is 17.6. The molecule has 1 aromatic rings. The van der Waals surface area contributed by atoms with Gasteiger partial charge in [-0.1, -0.05) is 25.0 Å². The van der Waals surface area contributed by atoms with Gasteiger partial charge in [0.1, 0.15) is 0 Å². The highest BCUT2D eigenvalue weighted by molar-refractivity contribution is 5.94. The lowest BCUT2D eigenvalue weighted by Crippen LogP contribution is -2.44. The highest BCUT2D eigenvalue weighted by Gasteiger charge is 2.24. The van der Waals surface area contributed by atoms with Gasteiger partial charge in [-0.25, -0.2) is 0 Å². The zero-order valence-corrected chi connectivity index (χ0v) is 15.2. The van der Waals surface area contributed by atoms with Crippen LogP contribution in [0.5, 0.6) is 0 Å². The van der Waals surface area contributed by atoms with Gasteiger partial charge < -0.3 is 10.2 Å². The summed E-state index contributed by atoms with van der Waals surface area (Å²) in [6, 6.07) is 7.62. The molecule has 5 heteroatoms. The monoisotopic (exact) mass is 343 g/mol. The number of amides is 2. The van der Waals surface area contributed by atoms with E-state index >= 15 is 0 Å². The molecule has 1 N–H and O–H groups in total. The average molecular weight is 343 g/mol. The largest absolute Gasteiger partial charge is 0.351 e.